The van der Waals surface area contributed by atoms with Gasteiger partial charge in [0.2, 0.25) is 0 Å². The highest BCUT2D eigenvalue weighted by molar-refractivity contribution is 6.33. The zero-order valence-corrected chi connectivity index (χ0v) is 11.6. The van der Waals surface area contributed by atoms with Crippen LogP contribution in [0.15, 0.2) is 24.3 Å². The molecular weight excluding hydrogens is 264 g/mol. The van der Waals surface area contributed by atoms with Crippen LogP contribution in [0.1, 0.15) is 17.8 Å². The molecular formula is C14H15ClN2O2. The molecule has 4 nitrogen and oxygen atoms in total. The van der Waals surface area contributed by atoms with Crippen molar-refractivity contribution in [3.8, 4) is 11.1 Å². The summed E-state index contributed by atoms with van der Waals surface area (Å²) in [6.45, 7) is 4.20. The van der Waals surface area contributed by atoms with Crippen LogP contribution in [-0.2, 0) is 11.3 Å². The number of halogens is 1. The Morgan fingerprint density at radius 1 is 1.37 bits per heavy atom. The summed E-state index contributed by atoms with van der Waals surface area (Å²) in [5, 5.41) is 13.8. The van der Waals surface area contributed by atoms with Gasteiger partial charge in [0, 0.05) is 21.8 Å². The van der Waals surface area contributed by atoms with Crippen LogP contribution in [-0.4, -0.2) is 20.9 Å². The van der Waals surface area contributed by atoms with Crippen LogP contribution in [0, 0.1) is 13.8 Å². The summed E-state index contributed by atoms with van der Waals surface area (Å²) >= 11 is 6.21. The third-order valence-corrected chi connectivity index (χ3v) is 3.39. The maximum absolute atomic E-state index is 10.6. The van der Waals surface area contributed by atoms with Gasteiger partial charge in [0.05, 0.1) is 18.7 Å². The van der Waals surface area contributed by atoms with E-state index in [0.717, 1.165) is 22.5 Å². The third kappa shape index (κ3) is 2.79. The number of aryl methyl sites for hydroxylation is 2. The fraction of sp³-hybridized carbons (Fsp3) is 0.286. The van der Waals surface area contributed by atoms with Crippen molar-refractivity contribution >= 4 is 17.6 Å². The number of rotatable bonds is 4. The first kappa shape index (κ1) is 13.6. The van der Waals surface area contributed by atoms with Crippen molar-refractivity contribution in [1.82, 2.24) is 9.78 Å². The molecule has 1 N–H and O–H groups in total. The first-order chi connectivity index (χ1) is 9.00. The van der Waals surface area contributed by atoms with E-state index in [-0.39, 0.29) is 6.42 Å². The Bertz CT molecular complexity index is 620. The van der Waals surface area contributed by atoms with E-state index in [1.54, 1.807) is 4.68 Å². The molecule has 2 rings (SSSR count). The van der Waals surface area contributed by atoms with Gasteiger partial charge >= 0.3 is 5.97 Å². The van der Waals surface area contributed by atoms with Gasteiger partial charge < -0.3 is 5.11 Å². The second-order valence-electron chi connectivity index (χ2n) is 4.39. The van der Waals surface area contributed by atoms with Gasteiger partial charge in [0.15, 0.2) is 0 Å². The molecule has 0 radical (unpaired) electrons. The molecule has 19 heavy (non-hydrogen) atoms. The maximum Gasteiger partial charge on any atom is 0.305 e. The smallest absolute Gasteiger partial charge is 0.305 e. The molecule has 0 atom stereocenters. The lowest BCUT2D eigenvalue weighted by Crippen LogP contribution is -2.07. The molecule has 0 fully saturated rings. The van der Waals surface area contributed by atoms with E-state index < -0.39 is 5.97 Å². The summed E-state index contributed by atoms with van der Waals surface area (Å²) in [6.07, 6.45) is 0.0594. The van der Waals surface area contributed by atoms with Crippen molar-refractivity contribution in [1.29, 1.82) is 0 Å². The zero-order valence-electron chi connectivity index (χ0n) is 10.9. The molecule has 0 spiro atoms. The number of hydrogen-bond donors (Lipinski definition) is 1. The summed E-state index contributed by atoms with van der Waals surface area (Å²) in [5.41, 5.74) is 3.71. The summed E-state index contributed by atoms with van der Waals surface area (Å²) in [7, 11) is 0. The van der Waals surface area contributed by atoms with Crippen molar-refractivity contribution in [2.75, 3.05) is 0 Å². The van der Waals surface area contributed by atoms with E-state index in [1.165, 1.54) is 0 Å². The summed E-state index contributed by atoms with van der Waals surface area (Å²) in [6, 6.07) is 7.59. The Morgan fingerprint density at radius 2 is 2.05 bits per heavy atom. The minimum atomic E-state index is -0.827. The number of aromatic nitrogens is 2. The van der Waals surface area contributed by atoms with Gasteiger partial charge in [-0.05, 0) is 19.9 Å². The number of carboxylic acid groups (broad SMARTS) is 1. The van der Waals surface area contributed by atoms with Crippen LogP contribution < -0.4 is 0 Å². The maximum atomic E-state index is 10.6. The number of benzene rings is 1. The topological polar surface area (TPSA) is 55.1 Å². The molecule has 2 aromatic rings. The standard InChI is InChI=1S/C14H15ClN2O2/c1-9-14(11-5-3-4-6-12(11)15)10(2)17(16-9)8-7-13(18)19/h3-6H,7-8H2,1-2H3,(H,18,19). The quantitative estimate of drug-likeness (QED) is 0.934. The highest BCUT2D eigenvalue weighted by atomic mass is 35.5. The number of nitrogens with zero attached hydrogens (tertiary/aromatic N) is 2. The number of carboxylic acids is 1. The fourth-order valence-electron chi connectivity index (χ4n) is 2.17. The van der Waals surface area contributed by atoms with E-state index >= 15 is 0 Å². The Balaban J connectivity index is 2.42. The molecule has 0 saturated heterocycles. The minimum Gasteiger partial charge on any atom is -0.481 e. The summed E-state index contributed by atoms with van der Waals surface area (Å²) in [5.74, 6) is -0.827. The summed E-state index contributed by atoms with van der Waals surface area (Å²) in [4.78, 5) is 10.6. The first-order valence-corrected chi connectivity index (χ1v) is 6.39. The van der Waals surface area contributed by atoms with Crippen LogP contribution >= 0.6 is 11.6 Å². The highest BCUT2D eigenvalue weighted by Crippen LogP contribution is 2.32. The molecule has 0 bridgehead atoms. The molecule has 1 aromatic heterocycles. The van der Waals surface area contributed by atoms with Gasteiger partial charge in [0.25, 0.3) is 0 Å². The van der Waals surface area contributed by atoms with Gasteiger partial charge in [-0.1, -0.05) is 29.8 Å². The van der Waals surface area contributed by atoms with E-state index in [2.05, 4.69) is 5.10 Å². The van der Waals surface area contributed by atoms with Crippen LogP contribution in [0.2, 0.25) is 5.02 Å². The Labute approximate surface area is 116 Å². The minimum absolute atomic E-state index is 0.0594. The zero-order chi connectivity index (χ0) is 14.0. The van der Waals surface area contributed by atoms with E-state index in [1.807, 2.05) is 38.1 Å². The monoisotopic (exact) mass is 278 g/mol. The highest BCUT2D eigenvalue weighted by Gasteiger charge is 2.15. The number of hydrogen-bond acceptors (Lipinski definition) is 2. The number of carbonyl (C=O) groups is 1. The number of aliphatic carboxylic acids is 1. The first-order valence-electron chi connectivity index (χ1n) is 6.01. The van der Waals surface area contributed by atoms with Crippen molar-refractivity contribution < 1.29 is 9.90 Å². The van der Waals surface area contributed by atoms with Gasteiger partial charge in [0.1, 0.15) is 0 Å². The predicted molar refractivity (Wildman–Crippen MR) is 74.4 cm³/mol. The normalized spacial score (nSPS) is 10.7. The molecule has 1 aromatic carbocycles. The fourth-order valence-corrected chi connectivity index (χ4v) is 2.40. The van der Waals surface area contributed by atoms with E-state index in [4.69, 9.17) is 16.7 Å². The second kappa shape index (κ2) is 5.45. The van der Waals surface area contributed by atoms with Crippen molar-refractivity contribution in [2.45, 2.75) is 26.8 Å². The van der Waals surface area contributed by atoms with Gasteiger partial charge in [-0.2, -0.15) is 5.10 Å². The van der Waals surface area contributed by atoms with Crippen molar-refractivity contribution in [3.63, 3.8) is 0 Å². The predicted octanol–water partition coefficient (Wildman–Crippen LogP) is 3.30. The molecule has 100 valence electrons. The largest absolute Gasteiger partial charge is 0.481 e. The molecule has 0 saturated carbocycles. The Kier molecular flexibility index (Phi) is 3.90. The Hall–Kier alpha value is -1.81. The average Bonchev–Trinajstić information content (AvgIpc) is 2.63. The lowest BCUT2D eigenvalue weighted by molar-refractivity contribution is -0.137. The second-order valence-corrected chi connectivity index (χ2v) is 4.80. The SMILES string of the molecule is Cc1nn(CCC(=O)O)c(C)c1-c1ccccc1Cl. The molecule has 0 aliphatic carbocycles. The van der Waals surface area contributed by atoms with Gasteiger partial charge in [-0.25, -0.2) is 0 Å². The van der Waals surface area contributed by atoms with Gasteiger partial charge in [-0.3, -0.25) is 9.48 Å². The third-order valence-electron chi connectivity index (χ3n) is 3.06. The molecule has 1 heterocycles. The van der Waals surface area contributed by atoms with E-state index in [9.17, 15) is 4.79 Å². The molecule has 0 aliphatic rings. The molecule has 5 heteroatoms. The van der Waals surface area contributed by atoms with E-state index in [0.29, 0.717) is 11.6 Å². The van der Waals surface area contributed by atoms with Crippen molar-refractivity contribution in [2.24, 2.45) is 0 Å². The Morgan fingerprint density at radius 3 is 2.68 bits per heavy atom. The summed E-state index contributed by atoms with van der Waals surface area (Å²) < 4.78 is 1.72. The lowest BCUT2D eigenvalue weighted by atomic mass is 10.0. The molecule has 0 unspecified atom stereocenters. The molecule has 0 amide bonds. The van der Waals surface area contributed by atoms with Gasteiger partial charge in [-0.15, -0.1) is 0 Å². The van der Waals surface area contributed by atoms with Crippen LogP contribution in [0.4, 0.5) is 0 Å². The lowest BCUT2D eigenvalue weighted by Gasteiger charge is -2.06. The van der Waals surface area contributed by atoms with Crippen molar-refractivity contribution in [3.05, 3.63) is 40.7 Å². The van der Waals surface area contributed by atoms with Crippen LogP contribution in [0.25, 0.3) is 11.1 Å². The van der Waals surface area contributed by atoms with Crippen LogP contribution in [0.5, 0.6) is 0 Å². The molecule has 0 aliphatic heterocycles. The van der Waals surface area contributed by atoms with Crippen LogP contribution in [0.3, 0.4) is 0 Å². The average molecular weight is 279 g/mol.